The fraction of sp³-hybridized carbons (Fsp3) is 0.412. The summed E-state index contributed by atoms with van der Waals surface area (Å²) < 4.78 is 42.9. The van der Waals surface area contributed by atoms with E-state index in [1.54, 1.807) is 20.8 Å². The number of amides is 1. The maximum atomic E-state index is 12.6. The van der Waals surface area contributed by atoms with E-state index in [0.29, 0.717) is 0 Å². The fourth-order valence-corrected chi connectivity index (χ4v) is 1.83. The molecular formula is C17H20F3NO4. The van der Waals surface area contributed by atoms with Crippen molar-refractivity contribution in [3.05, 3.63) is 41.5 Å². The van der Waals surface area contributed by atoms with Crippen LogP contribution in [0.3, 0.4) is 0 Å². The molecule has 0 unspecified atom stereocenters. The maximum absolute atomic E-state index is 12.6. The Kier molecular flexibility index (Phi) is 6.61. The molecule has 0 fully saturated rings. The maximum Gasteiger partial charge on any atom is 0.416 e. The van der Waals surface area contributed by atoms with Gasteiger partial charge in [0.2, 0.25) is 0 Å². The Morgan fingerprint density at radius 3 is 2.44 bits per heavy atom. The summed E-state index contributed by atoms with van der Waals surface area (Å²) in [5.41, 5.74) is -1.30. The molecule has 0 saturated carbocycles. The summed E-state index contributed by atoms with van der Waals surface area (Å²) >= 11 is 0. The predicted molar refractivity (Wildman–Crippen MR) is 85.9 cm³/mol. The van der Waals surface area contributed by atoms with Crippen LogP contribution in [-0.4, -0.2) is 28.8 Å². The molecular weight excluding hydrogens is 339 g/mol. The highest BCUT2D eigenvalue weighted by molar-refractivity contribution is 5.80. The SMILES string of the molecule is CC(C)(C)OC(=O)N[C@@H](C/C=C/c1cccc(C(F)(F)F)c1)C(=O)O. The number of rotatable bonds is 5. The monoisotopic (exact) mass is 359 g/mol. The first-order valence-corrected chi connectivity index (χ1v) is 7.44. The molecule has 1 aromatic carbocycles. The third-order valence-electron chi connectivity index (χ3n) is 2.89. The molecule has 0 aromatic heterocycles. The van der Waals surface area contributed by atoms with Gasteiger partial charge in [-0.1, -0.05) is 24.3 Å². The van der Waals surface area contributed by atoms with Crippen molar-refractivity contribution in [2.24, 2.45) is 0 Å². The van der Waals surface area contributed by atoms with E-state index in [4.69, 9.17) is 9.84 Å². The number of halogens is 3. The smallest absolute Gasteiger partial charge is 0.416 e. The number of nitrogens with one attached hydrogen (secondary N) is 1. The lowest BCUT2D eigenvalue weighted by atomic mass is 10.1. The van der Waals surface area contributed by atoms with Gasteiger partial charge in [-0.2, -0.15) is 13.2 Å². The van der Waals surface area contributed by atoms with E-state index in [1.807, 2.05) is 0 Å². The van der Waals surface area contributed by atoms with Crippen LogP contribution >= 0.6 is 0 Å². The van der Waals surface area contributed by atoms with Gasteiger partial charge in [0.15, 0.2) is 0 Å². The van der Waals surface area contributed by atoms with Crippen LogP contribution in [-0.2, 0) is 15.7 Å². The topological polar surface area (TPSA) is 75.6 Å². The molecule has 25 heavy (non-hydrogen) atoms. The lowest BCUT2D eigenvalue weighted by Gasteiger charge is -2.21. The van der Waals surface area contributed by atoms with Gasteiger partial charge in [0, 0.05) is 0 Å². The number of ether oxygens (including phenoxy) is 1. The number of carboxylic acids is 1. The van der Waals surface area contributed by atoms with E-state index in [9.17, 15) is 22.8 Å². The fourth-order valence-electron chi connectivity index (χ4n) is 1.83. The lowest BCUT2D eigenvalue weighted by molar-refractivity contribution is -0.139. The highest BCUT2D eigenvalue weighted by Crippen LogP contribution is 2.29. The van der Waals surface area contributed by atoms with Crippen LogP contribution in [0.5, 0.6) is 0 Å². The summed E-state index contributed by atoms with van der Waals surface area (Å²) in [4.78, 5) is 22.8. The quantitative estimate of drug-likeness (QED) is 0.830. The number of alkyl carbamates (subject to hydrolysis) is 1. The normalized spacial score (nSPS) is 13.5. The van der Waals surface area contributed by atoms with Crippen LogP contribution in [0.1, 0.15) is 38.3 Å². The summed E-state index contributed by atoms with van der Waals surface area (Å²) in [6.45, 7) is 4.90. The summed E-state index contributed by atoms with van der Waals surface area (Å²) in [6.07, 6.45) is -2.70. The Bertz CT molecular complexity index is 648. The van der Waals surface area contributed by atoms with Crippen molar-refractivity contribution in [3.63, 3.8) is 0 Å². The molecule has 5 nitrogen and oxygen atoms in total. The number of aliphatic carboxylic acids is 1. The molecule has 1 aromatic rings. The van der Waals surface area contributed by atoms with Gasteiger partial charge >= 0.3 is 18.2 Å². The first-order valence-electron chi connectivity index (χ1n) is 7.44. The number of carbonyl (C=O) groups excluding carboxylic acids is 1. The van der Waals surface area contributed by atoms with Gasteiger partial charge in [-0.15, -0.1) is 0 Å². The van der Waals surface area contributed by atoms with Crippen molar-refractivity contribution >= 4 is 18.1 Å². The highest BCUT2D eigenvalue weighted by atomic mass is 19.4. The molecule has 0 bridgehead atoms. The second kappa shape index (κ2) is 8.04. The largest absolute Gasteiger partial charge is 0.480 e. The average Bonchev–Trinajstić information content (AvgIpc) is 2.43. The molecule has 0 aliphatic rings. The summed E-state index contributed by atoms with van der Waals surface area (Å²) in [6, 6.07) is 3.37. The minimum absolute atomic E-state index is 0.106. The molecule has 1 rings (SSSR count). The van der Waals surface area contributed by atoms with Gasteiger partial charge < -0.3 is 15.2 Å². The minimum atomic E-state index is -4.45. The zero-order valence-electron chi connectivity index (χ0n) is 14.1. The minimum Gasteiger partial charge on any atom is -0.480 e. The van der Waals surface area contributed by atoms with Crippen molar-refractivity contribution < 1.29 is 32.6 Å². The van der Waals surface area contributed by atoms with E-state index in [2.05, 4.69) is 5.32 Å². The summed E-state index contributed by atoms with van der Waals surface area (Å²) in [7, 11) is 0. The summed E-state index contributed by atoms with van der Waals surface area (Å²) in [5, 5.41) is 11.3. The van der Waals surface area contributed by atoms with Gasteiger partial charge in [-0.25, -0.2) is 9.59 Å². The standard InChI is InChI=1S/C17H20F3NO4/c1-16(2,3)25-15(24)21-13(14(22)23)9-5-7-11-6-4-8-12(10-11)17(18,19)20/h4-8,10,13H,9H2,1-3H3,(H,21,24)(H,22,23)/b7-5+/t13-/m0/s1. The van der Waals surface area contributed by atoms with Crippen molar-refractivity contribution in [1.29, 1.82) is 0 Å². The zero-order chi connectivity index (χ0) is 19.3. The molecule has 2 N–H and O–H groups in total. The van der Waals surface area contributed by atoms with Crippen LogP contribution in [0.4, 0.5) is 18.0 Å². The second-order valence-electron chi connectivity index (χ2n) is 6.30. The summed E-state index contributed by atoms with van der Waals surface area (Å²) in [5.74, 6) is -1.28. The van der Waals surface area contributed by atoms with E-state index >= 15 is 0 Å². The number of alkyl halides is 3. The Morgan fingerprint density at radius 1 is 1.28 bits per heavy atom. The third-order valence-corrected chi connectivity index (χ3v) is 2.89. The third kappa shape index (κ3) is 7.73. The van der Waals surface area contributed by atoms with Gasteiger partial charge in [-0.3, -0.25) is 0 Å². The van der Waals surface area contributed by atoms with Crippen molar-refractivity contribution in [2.75, 3.05) is 0 Å². The number of hydrogen-bond donors (Lipinski definition) is 2. The van der Waals surface area contributed by atoms with Crippen LogP contribution in [0.2, 0.25) is 0 Å². The van der Waals surface area contributed by atoms with E-state index in [1.165, 1.54) is 24.3 Å². The molecule has 0 aliphatic carbocycles. The predicted octanol–water partition coefficient (Wildman–Crippen LogP) is 4.09. The number of carbonyl (C=O) groups is 2. The molecule has 0 spiro atoms. The van der Waals surface area contributed by atoms with E-state index in [0.717, 1.165) is 12.1 Å². The zero-order valence-corrected chi connectivity index (χ0v) is 14.1. The van der Waals surface area contributed by atoms with E-state index in [-0.39, 0.29) is 12.0 Å². The Balaban J connectivity index is 2.73. The van der Waals surface area contributed by atoms with E-state index < -0.39 is 35.4 Å². The van der Waals surface area contributed by atoms with Crippen LogP contribution in [0, 0.1) is 0 Å². The first kappa shape index (κ1) is 20.5. The van der Waals surface area contributed by atoms with Gasteiger partial charge in [-0.05, 0) is 44.9 Å². The van der Waals surface area contributed by atoms with Gasteiger partial charge in [0.1, 0.15) is 11.6 Å². The highest BCUT2D eigenvalue weighted by Gasteiger charge is 2.30. The van der Waals surface area contributed by atoms with Crippen LogP contribution in [0.25, 0.3) is 6.08 Å². The van der Waals surface area contributed by atoms with Gasteiger partial charge in [0.05, 0.1) is 5.56 Å². The molecule has 0 saturated heterocycles. The average molecular weight is 359 g/mol. The Morgan fingerprint density at radius 2 is 1.92 bits per heavy atom. The number of carboxylic acid groups (broad SMARTS) is 1. The Hall–Kier alpha value is -2.51. The van der Waals surface area contributed by atoms with Crippen molar-refractivity contribution in [2.45, 2.75) is 45.0 Å². The molecule has 1 atom stereocenters. The molecule has 1 amide bonds. The van der Waals surface area contributed by atoms with Crippen molar-refractivity contribution in [1.82, 2.24) is 5.32 Å². The number of hydrogen-bond acceptors (Lipinski definition) is 3. The van der Waals surface area contributed by atoms with Gasteiger partial charge in [0.25, 0.3) is 0 Å². The molecule has 0 radical (unpaired) electrons. The van der Waals surface area contributed by atoms with Crippen LogP contribution < -0.4 is 5.32 Å². The van der Waals surface area contributed by atoms with Crippen LogP contribution in [0.15, 0.2) is 30.3 Å². The number of benzene rings is 1. The first-order chi connectivity index (χ1) is 11.4. The molecule has 8 heteroatoms. The molecule has 0 heterocycles. The lowest BCUT2D eigenvalue weighted by Crippen LogP contribution is -2.43. The molecule has 0 aliphatic heterocycles. The second-order valence-corrected chi connectivity index (χ2v) is 6.30. The molecule has 138 valence electrons. The Labute approximate surface area is 143 Å². The van der Waals surface area contributed by atoms with Crippen molar-refractivity contribution in [3.8, 4) is 0 Å².